The Morgan fingerprint density at radius 1 is 0.946 bits per heavy atom. The largest absolute Gasteiger partial charge is 0.419 e. The van der Waals surface area contributed by atoms with Crippen LogP contribution in [0.25, 0.3) is 0 Å². The molecule has 4 atom stereocenters. The van der Waals surface area contributed by atoms with Crippen molar-refractivity contribution in [1.29, 1.82) is 0 Å². The molecular weight excluding hydrogens is 514 g/mol. The van der Waals surface area contributed by atoms with Gasteiger partial charge in [0.25, 0.3) is 5.91 Å². The second-order valence-corrected chi connectivity index (χ2v) is 9.66. The zero-order chi connectivity index (χ0) is 26.9. The van der Waals surface area contributed by atoms with Crippen LogP contribution < -0.4 is 5.32 Å². The lowest BCUT2D eigenvalue weighted by Gasteiger charge is -2.29. The van der Waals surface area contributed by atoms with Gasteiger partial charge >= 0.3 is 12.4 Å². The first-order valence-corrected chi connectivity index (χ1v) is 11.5. The lowest BCUT2D eigenvalue weighted by atomic mass is 9.98. The summed E-state index contributed by atoms with van der Waals surface area (Å²) in [4.78, 5) is 31.0. The van der Waals surface area contributed by atoms with Crippen molar-refractivity contribution in [3.05, 3.63) is 64.5 Å². The average molecular weight is 533 g/mol. The van der Waals surface area contributed by atoms with Gasteiger partial charge in [0, 0.05) is 24.0 Å². The SMILES string of the molecule is O=C(N[C@@H](c1cc(F)c(C(F)(F)F)cc1F)C1CC1)[C@H]1C[C@H]2C[C@H]2N1C(=O)c1cncc(C(F)(F)F)c1. The first-order valence-electron chi connectivity index (χ1n) is 11.5. The molecule has 1 N–H and O–H groups in total. The van der Waals surface area contributed by atoms with Crippen LogP contribution in [-0.4, -0.2) is 33.8 Å². The predicted octanol–water partition coefficient (Wildman–Crippen LogP) is 5.27. The maximum absolute atomic E-state index is 14.7. The smallest absolute Gasteiger partial charge is 0.347 e. The van der Waals surface area contributed by atoms with Gasteiger partial charge in [0.1, 0.15) is 17.7 Å². The Morgan fingerprint density at radius 3 is 2.27 bits per heavy atom. The Bertz CT molecular complexity index is 1260. The zero-order valence-electron chi connectivity index (χ0n) is 18.8. The normalized spacial score (nSPS) is 24.0. The molecule has 1 aromatic heterocycles. The number of rotatable bonds is 5. The second kappa shape index (κ2) is 8.66. The Kier molecular flexibility index (Phi) is 5.94. The summed E-state index contributed by atoms with van der Waals surface area (Å²) in [6.45, 7) is 0. The first kappa shape index (κ1) is 25.4. The van der Waals surface area contributed by atoms with E-state index in [1.54, 1.807) is 0 Å². The van der Waals surface area contributed by atoms with Crippen LogP contribution in [0.3, 0.4) is 0 Å². The number of alkyl halides is 6. The molecule has 1 saturated heterocycles. The first-order chi connectivity index (χ1) is 17.3. The van der Waals surface area contributed by atoms with Crippen LogP contribution in [0.2, 0.25) is 0 Å². The maximum Gasteiger partial charge on any atom is 0.419 e. The average Bonchev–Trinajstić information content (AvgIpc) is 3.75. The highest BCUT2D eigenvalue weighted by atomic mass is 19.4. The zero-order valence-corrected chi connectivity index (χ0v) is 18.8. The fourth-order valence-electron chi connectivity index (χ4n) is 4.99. The molecule has 3 fully saturated rings. The van der Waals surface area contributed by atoms with Crippen molar-refractivity contribution in [3.63, 3.8) is 0 Å². The van der Waals surface area contributed by atoms with Crippen LogP contribution in [0.15, 0.2) is 30.6 Å². The molecule has 2 aromatic rings. The molecule has 1 aromatic carbocycles. The van der Waals surface area contributed by atoms with Crippen molar-refractivity contribution < 1.29 is 44.7 Å². The quantitative estimate of drug-likeness (QED) is 0.533. The number of halogens is 8. The highest BCUT2D eigenvalue weighted by Gasteiger charge is 2.56. The molecule has 2 saturated carbocycles. The number of amides is 2. The Hall–Kier alpha value is -3.25. The Morgan fingerprint density at radius 2 is 1.65 bits per heavy atom. The minimum Gasteiger partial charge on any atom is -0.347 e. The van der Waals surface area contributed by atoms with Gasteiger partial charge in [0.05, 0.1) is 22.7 Å². The Labute approximate surface area is 204 Å². The molecule has 1 aliphatic heterocycles. The topological polar surface area (TPSA) is 62.3 Å². The molecule has 3 aliphatic rings. The molecule has 5 rings (SSSR count). The molecule has 0 unspecified atom stereocenters. The van der Waals surface area contributed by atoms with Gasteiger partial charge in [0.2, 0.25) is 5.91 Å². The molecule has 2 heterocycles. The van der Waals surface area contributed by atoms with Crippen LogP contribution in [0.4, 0.5) is 35.1 Å². The minimum absolute atomic E-state index is 0.0434. The second-order valence-electron chi connectivity index (χ2n) is 9.66. The van der Waals surface area contributed by atoms with Crippen molar-refractivity contribution >= 4 is 11.8 Å². The van der Waals surface area contributed by atoms with Crippen LogP contribution >= 0.6 is 0 Å². The molecule has 2 aliphatic carbocycles. The van der Waals surface area contributed by atoms with Crippen molar-refractivity contribution in [3.8, 4) is 0 Å². The number of hydrogen-bond acceptors (Lipinski definition) is 3. The van der Waals surface area contributed by atoms with Gasteiger partial charge < -0.3 is 10.2 Å². The highest BCUT2D eigenvalue weighted by molar-refractivity contribution is 5.98. The van der Waals surface area contributed by atoms with Crippen LogP contribution in [0.1, 0.15) is 58.8 Å². The van der Waals surface area contributed by atoms with E-state index in [9.17, 15) is 44.7 Å². The number of aromatic nitrogens is 1. The number of pyridine rings is 1. The van der Waals surface area contributed by atoms with E-state index in [0.29, 0.717) is 37.6 Å². The van der Waals surface area contributed by atoms with E-state index in [1.165, 1.54) is 4.90 Å². The summed E-state index contributed by atoms with van der Waals surface area (Å²) >= 11 is 0. The summed E-state index contributed by atoms with van der Waals surface area (Å²) < 4.78 is 107. The van der Waals surface area contributed by atoms with E-state index in [1.807, 2.05) is 0 Å². The standard InChI is InChI=1S/C24H19F8N3O2/c25-16-7-15(24(30,31)32)17(26)6-14(16)20(10-1-2-10)34-21(36)19-5-11-4-18(11)35(19)22(37)12-3-13(9-33-8-12)23(27,28)29/h3,6-11,18-20H,1-2,4-5H2,(H,34,36)/t11-,18-,19-,20-/m1/s1. The van der Waals surface area contributed by atoms with Crippen molar-refractivity contribution in [2.24, 2.45) is 11.8 Å². The molecular formula is C24H19F8N3O2. The van der Waals surface area contributed by atoms with E-state index >= 15 is 0 Å². The third-order valence-corrected chi connectivity index (χ3v) is 7.07. The maximum atomic E-state index is 14.7. The van der Waals surface area contributed by atoms with Crippen molar-refractivity contribution in [2.75, 3.05) is 0 Å². The van der Waals surface area contributed by atoms with E-state index in [2.05, 4.69) is 10.3 Å². The Balaban J connectivity index is 1.39. The molecule has 0 radical (unpaired) electrons. The summed E-state index contributed by atoms with van der Waals surface area (Å²) in [6, 6.07) is -1.47. The van der Waals surface area contributed by atoms with Gasteiger partial charge in [0.15, 0.2) is 0 Å². The van der Waals surface area contributed by atoms with Crippen LogP contribution in [0.5, 0.6) is 0 Å². The molecule has 0 bridgehead atoms. The summed E-state index contributed by atoms with van der Waals surface area (Å²) in [7, 11) is 0. The number of nitrogens with zero attached hydrogens (tertiary/aromatic N) is 2. The van der Waals surface area contributed by atoms with E-state index in [0.717, 1.165) is 6.20 Å². The highest BCUT2D eigenvalue weighted by Crippen LogP contribution is 2.49. The van der Waals surface area contributed by atoms with Gasteiger partial charge in [-0.25, -0.2) is 8.78 Å². The number of nitrogens with one attached hydrogen (secondary N) is 1. The summed E-state index contributed by atoms with van der Waals surface area (Å²) in [5, 5.41) is 2.56. The lowest BCUT2D eigenvalue weighted by molar-refractivity contribution is -0.140. The number of piperidine rings is 1. The number of carbonyl (C=O) groups excluding carboxylic acids is 2. The van der Waals surface area contributed by atoms with E-state index in [4.69, 9.17) is 0 Å². The summed E-state index contributed by atoms with van der Waals surface area (Å²) in [5.74, 6) is -4.96. The molecule has 13 heteroatoms. The van der Waals surface area contributed by atoms with Crippen molar-refractivity contribution in [1.82, 2.24) is 15.2 Å². The fourth-order valence-corrected chi connectivity index (χ4v) is 4.99. The van der Waals surface area contributed by atoms with Gasteiger partial charge in [-0.05, 0) is 55.7 Å². The third kappa shape index (κ3) is 4.87. The van der Waals surface area contributed by atoms with Crippen molar-refractivity contribution in [2.45, 2.75) is 56.2 Å². The number of fused-ring (bicyclic) bond motifs is 1. The molecule has 2 amide bonds. The molecule has 198 valence electrons. The fraction of sp³-hybridized carbons (Fsp3) is 0.458. The number of carbonyl (C=O) groups is 2. The van der Waals surface area contributed by atoms with Gasteiger partial charge in [-0.2, -0.15) is 26.3 Å². The third-order valence-electron chi connectivity index (χ3n) is 7.07. The minimum atomic E-state index is -5.11. The van der Waals surface area contributed by atoms with Gasteiger partial charge in [-0.15, -0.1) is 0 Å². The van der Waals surface area contributed by atoms with E-state index in [-0.39, 0.29) is 35.9 Å². The van der Waals surface area contributed by atoms with Crippen LogP contribution in [0, 0.1) is 23.5 Å². The molecule has 5 nitrogen and oxygen atoms in total. The predicted molar refractivity (Wildman–Crippen MR) is 111 cm³/mol. The molecule has 37 heavy (non-hydrogen) atoms. The van der Waals surface area contributed by atoms with E-state index < -0.39 is 64.6 Å². The van der Waals surface area contributed by atoms with Gasteiger partial charge in [-0.3, -0.25) is 14.6 Å². The van der Waals surface area contributed by atoms with Gasteiger partial charge in [-0.1, -0.05) is 0 Å². The van der Waals surface area contributed by atoms with Crippen LogP contribution in [-0.2, 0) is 17.1 Å². The monoisotopic (exact) mass is 533 g/mol. The lowest BCUT2D eigenvalue weighted by Crippen LogP contribution is -2.49. The summed E-state index contributed by atoms with van der Waals surface area (Å²) in [6.07, 6.45) is -6.48. The number of likely N-dealkylation sites (tertiary alicyclic amines) is 1. The summed E-state index contributed by atoms with van der Waals surface area (Å²) in [5.41, 5.74) is -3.68. The number of benzene rings is 1. The molecule has 0 spiro atoms. The number of hydrogen-bond donors (Lipinski definition) is 1.